The van der Waals surface area contributed by atoms with E-state index in [4.69, 9.17) is 0 Å². The van der Waals surface area contributed by atoms with E-state index in [0.29, 0.717) is 0 Å². The van der Waals surface area contributed by atoms with Gasteiger partial charge in [-0.1, -0.05) is 76.2 Å². The molecule has 4 nitrogen and oxygen atoms in total. The number of halogens is 1. The minimum atomic E-state index is -0.0611. The first kappa shape index (κ1) is 19.5. The van der Waals surface area contributed by atoms with Crippen molar-refractivity contribution in [2.45, 2.75) is 5.16 Å². The van der Waals surface area contributed by atoms with Gasteiger partial charge < -0.3 is 5.32 Å². The van der Waals surface area contributed by atoms with Crippen LogP contribution in [-0.2, 0) is 4.79 Å². The maximum Gasteiger partial charge on any atom is 0.234 e. The van der Waals surface area contributed by atoms with E-state index in [1.54, 1.807) is 0 Å². The van der Waals surface area contributed by atoms with Crippen molar-refractivity contribution in [3.63, 3.8) is 0 Å². The fourth-order valence-corrected chi connectivity index (χ4v) is 3.99. The Morgan fingerprint density at radius 3 is 2.28 bits per heavy atom. The minimum absolute atomic E-state index is 0.0611. The number of amides is 1. The Balaban J connectivity index is 1.60. The van der Waals surface area contributed by atoms with Crippen LogP contribution < -0.4 is 5.32 Å². The molecule has 4 rings (SSSR count). The summed E-state index contributed by atoms with van der Waals surface area (Å²) in [6.45, 7) is 0. The van der Waals surface area contributed by atoms with Crippen molar-refractivity contribution in [1.29, 1.82) is 0 Å². The summed E-state index contributed by atoms with van der Waals surface area (Å²) in [4.78, 5) is 17.0. The molecule has 0 saturated heterocycles. The molecule has 29 heavy (non-hydrogen) atoms. The molecule has 144 valence electrons. The first-order valence-corrected chi connectivity index (χ1v) is 10.9. The summed E-state index contributed by atoms with van der Waals surface area (Å²) >= 11 is 4.90. The lowest BCUT2D eigenvalue weighted by Gasteiger charge is -2.12. The van der Waals surface area contributed by atoms with Gasteiger partial charge in [0.25, 0.3) is 0 Å². The molecule has 0 aliphatic rings. The molecule has 0 unspecified atom stereocenters. The van der Waals surface area contributed by atoms with Crippen molar-refractivity contribution in [1.82, 2.24) is 9.55 Å². The Bertz CT molecular complexity index is 1100. The van der Waals surface area contributed by atoms with E-state index in [1.165, 1.54) is 11.8 Å². The van der Waals surface area contributed by atoms with Gasteiger partial charge in [0.1, 0.15) is 0 Å². The standard InChI is InChI=1S/C23H18BrN3OS/c24-18-13-11-17(12-14-18)21-15-25-23(27(21)20-9-5-2-6-10-20)29-16-22(28)26-19-7-3-1-4-8-19/h1-15H,16H2,(H,26,28). The molecular weight excluding hydrogens is 446 g/mol. The van der Waals surface area contributed by atoms with Crippen LogP contribution in [0.25, 0.3) is 16.9 Å². The van der Waals surface area contributed by atoms with Crippen molar-refractivity contribution in [3.05, 3.63) is 95.6 Å². The Hall–Kier alpha value is -2.83. The Morgan fingerprint density at radius 2 is 1.59 bits per heavy atom. The molecule has 4 aromatic rings. The average molecular weight is 464 g/mol. The number of para-hydroxylation sites is 2. The topological polar surface area (TPSA) is 46.9 Å². The number of aromatic nitrogens is 2. The number of thioether (sulfide) groups is 1. The van der Waals surface area contributed by atoms with Crippen LogP contribution >= 0.6 is 27.7 Å². The fourth-order valence-electron chi connectivity index (χ4n) is 2.94. The second-order valence-electron chi connectivity index (χ2n) is 6.31. The fraction of sp³-hybridized carbons (Fsp3) is 0.0435. The predicted molar refractivity (Wildman–Crippen MR) is 122 cm³/mol. The van der Waals surface area contributed by atoms with E-state index in [-0.39, 0.29) is 11.7 Å². The third-order valence-electron chi connectivity index (χ3n) is 4.27. The van der Waals surface area contributed by atoms with Crippen molar-refractivity contribution >= 4 is 39.3 Å². The number of carbonyl (C=O) groups excluding carboxylic acids is 1. The molecule has 0 bridgehead atoms. The molecule has 1 aromatic heterocycles. The second kappa shape index (κ2) is 9.11. The molecule has 1 heterocycles. The van der Waals surface area contributed by atoms with Gasteiger partial charge in [0, 0.05) is 21.4 Å². The third-order valence-corrected chi connectivity index (χ3v) is 5.76. The lowest BCUT2D eigenvalue weighted by Crippen LogP contribution is -2.14. The van der Waals surface area contributed by atoms with Crippen molar-refractivity contribution in [3.8, 4) is 16.9 Å². The highest BCUT2D eigenvalue weighted by molar-refractivity contribution is 9.10. The molecular formula is C23H18BrN3OS. The van der Waals surface area contributed by atoms with Crippen LogP contribution in [0.3, 0.4) is 0 Å². The Labute approximate surface area is 182 Å². The van der Waals surface area contributed by atoms with Crippen LogP contribution in [-0.4, -0.2) is 21.2 Å². The predicted octanol–water partition coefficient (Wildman–Crippen LogP) is 6.03. The third kappa shape index (κ3) is 4.78. The van der Waals surface area contributed by atoms with Gasteiger partial charge in [-0.05, 0) is 36.4 Å². The number of nitrogens with zero attached hydrogens (tertiary/aromatic N) is 2. The van der Waals surface area contributed by atoms with Gasteiger partial charge in [-0.25, -0.2) is 4.98 Å². The van der Waals surface area contributed by atoms with E-state index in [2.05, 4.69) is 42.9 Å². The Kier molecular flexibility index (Phi) is 6.12. The minimum Gasteiger partial charge on any atom is -0.325 e. The molecule has 0 saturated carbocycles. The summed E-state index contributed by atoms with van der Waals surface area (Å²) in [5.41, 5.74) is 3.84. The van der Waals surface area contributed by atoms with E-state index < -0.39 is 0 Å². The molecule has 0 radical (unpaired) electrons. The quantitative estimate of drug-likeness (QED) is 0.355. The van der Waals surface area contributed by atoms with Crippen LogP contribution in [0.5, 0.6) is 0 Å². The highest BCUT2D eigenvalue weighted by Gasteiger charge is 2.15. The van der Waals surface area contributed by atoms with Crippen molar-refractivity contribution in [2.24, 2.45) is 0 Å². The zero-order valence-electron chi connectivity index (χ0n) is 15.5. The normalized spacial score (nSPS) is 10.7. The number of carbonyl (C=O) groups is 1. The number of rotatable bonds is 6. The van der Waals surface area contributed by atoms with Crippen molar-refractivity contribution in [2.75, 3.05) is 11.1 Å². The summed E-state index contributed by atoms with van der Waals surface area (Å²) in [5, 5.41) is 3.69. The number of hydrogen-bond donors (Lipinski definition) is 1. The molecule has 3 aromatic carbocycles. The van der Waals surface area contributed by atoms with Crippen LogP contribution in [0.1, 0.15) is 0 Å². The number of anilines is 1. The largest absolute Gasteiger partial charge is 0.325 e. The van der Waals surface area contributed by atoms with E-state index in [9.17, 15) is 4.79 Å². The summed E-state index contributed by atoms with van der Waals surface area (Å²) < 4.78 is 3.11. The first-order valence-electron chi connectivity index (χ1n) is 9.07. The summed E-state index contributed by atoms with van der Waals surface area (Å²) in [6, 6.07) is 27.7. The van der Waals surface area contributed by atoms with E-state index in [1.807, 2.05) is 79.0 Å². The monoisotopic (exact) mass is 463 g/mol. The van der Waals surface area contributed by atoms with Gasteiger partial charge in [-0.15, -0.1) is 0 Å². The maximum absolute atomic E-state index is 12.4. The highest BCUT2D eigenvalue weighted by Crippen LogP contribution is 2.30. The van der Waals surface area contributed by atoms with Crippen LogP contribution in [0.4, 0.5) is 5.69 Å². The molecule has 1 amide bonds. The number of imidazole rings is 1. The molecule has 0 aliphatic carbocycles. The zero-order chi connectivity index (χ0) is 20.1. The second-order valence-corrected chi connectivity index (χ2v) is 8.16. The van der Waals surface area contributed by atoms with Crippen LogP contribution in [0.2, 0.25) is 0 Å². The van der Waals surface area contributed by atoms with Gasteiger partial charge in [0.15, 0.2) is 5.16 Å². The lowest BCUT2D eigenvalue weighted by molar-refractivity contribution is -0.113. The SMILES string of the molecule is O=C(CSc1ncc(-c2ccc(Br)cc2)n1-c1ccccc1)Nc1ccccc1. The van der Waals surface area contributed by atoms with Gasteiger partial charge in [-0.3, -0.25) is 9.36 Å². The van der Waals surface area contributed by atoms with Crippen LogP contribution in [0, 0.1) is 0 Å². The first-order chi connectivity index (χ1) is 14.2. The molecule has 0 spiro atoms. The van der Waals surface area contributed by atoms with Crippen molar-refractivity contribution < 1.29 is 4.79 Å². The molecule has 0 fully saturated rings. The molecule has 1 N–H and O–H groups in total. The van der Waals surface area contributed by atoms with Gasteiger partial charge >= 0.3 is 0 Å². The van der Waals surface area contributed by atoms with E-state index >= 15 is 0 Å². The lowest BCUT2D eigenvalue weighted by atomic mass is 10.1. The molecule has 0 aliphatic heterocycles. The highest BCUT2D eigenvalue weighted by atomic mass is 79.9. The summed E-state index contributed by atoms with van der Waals surface area (Å²) in [5.74, 6) is 0.215. The number of hydrogen-bond acceptors (Lipinski definition) is 3. The number of benzene rings is 3. The molecule has 0 atom stereocenters. The average Bonchev–Trinajstić information content (AvgIpc) is 3.18. The zero-order valence-corrected chi connectivity index (χ0v) is 17.9. The molecule has 6 heteroatoms. The van der Waals surface area contributed by atoms with E-state index in [0.717, 1.165) is 32.3 Å². The van der Waals surface area contributed by atoms with Crippen LogP contribution in [0.15, 0.2) is 101 Å². The smallest absolute Gasteiger partial charge is 0.234 e. The maximum atomic E-state index is 12.4. The number of nitrogens with one attached hydrogen (secondary N) is 1. The van der Waals surface area contributed by atoms with Gasteiger partial charge in [0.05, 0.1) is 17.6 Å². The Morgan fingerprint density at radius 1 is 0.931 bits per heavy atom. The van der Waals surface area contributed by atoms with Gasteiger partial charge in [-0.2, -0.15) is 0 Å². The summed E-state index contributed by atoms with van der Waals surface area (Å²) in [6.07, 6.45) is 1.85. The van der Waals surface area contributed by atoms with Gasteiger partial charge in [0.2, 0.25) is 5.91 Å². The summed E-state index contributed by atoms with van der Waals surface area (Å²) in [7, 11) is 0.